The van der Waals surface area contributed by atoms with Crippen LogP contribution in [-0.2, 0) is 0 Å². The molecule has 1 atom stereocenters. The highest BCUT2D eigenvalue weighted by molar-refractivity contribution is 7.99. The summed E-state index contributed by atoms with van der Waals surface area (Å²) in [6.07, 6.45) is 2.75. The van der Waals surface area contributed by atoms with Crippen molar-refractivity contribution in [2.24, 2.45) is 5.92 Å². The topological polar surface area (TPSA) is 12.0 Å². The normalized spacial score (nSPS) is 18.2. The highest BCUT2D eigenvalue weighted by Crippen LogP contribution is 2.26. The smallest absolute Gasteiger partial charge is 0.0298 e. The SMILES string of the molecule is CC(NCC1CCSCC1)c1cccc2ccccc12. The van der Waals surface area contributed by atoms with Crippen LogP contribution in [0.2, 0.25) is 0 Å². The third-order valence-electron chi connectivity index (χ3n) is 4.34. The van der Waals surface area contributed by atoms with Crippen molar-refractivity contribution in [1.29, 1.82) is 0 Å². The van der Waals surface area contributed by atoms with Crippen molar-refractivity contribution in [3.8, 4) is 0 Å². The number of fused-ring (bicyclic) bond motifs is 1. The molecule has 1 unspecified atom stereocenters. The van der Waals surface area contributed by atoms with Crippen LogP contribution in [0.4, 0.5) is 0 Å². The second kappa shape index (κ2) is 6.64. The molecular formula is C18H23NS. The fraction of sp³-hybridized carbons (Fsp3) is 0.444. The van der Waals surface area contributed by atoms with Crippen LogP contribution in [0.3, 0.4) is 0 Å². The second-order valence-corrected chi connectivity index (χ2v) is 6.98. The Morgan fingerprint density at radius 1 is 1.10 bits per heavy atom. The third-order valence-corrected chi connectivity index (χ3v) is 5.39. The number of hydrogen-bond donors (Lipinski definition) is 1. The lowest BCUT2D eigenvalue weighted by molar-refractivity contribution is 0.422. The van der Waals surface area contributed by atoms with E-state index in [0.717, 1.165) is 12.5 Å². The average Bonchev–Trinajstić information content (AvgIpc) is 2.53. The molecule has 0 aliphatic carbocycles. The molecule has 1 aliphatic heterocycles. The van der Waals surface area contributed by atoms with Crippen LogP contribution in [0.5, 0.6) is 0 Å². The van der Waals surface area contributed by atoms with E-state index >= 15 is 0 Å². The van der Waals surface area contributed by atoms with Gasteiger partial charge in [0.15, 0.2) is 0 Å². The Balaban J connectivity index is 1.70. The average molecular weight is 285 g/mol. The van der Waals surface area contributed by atoms with Gasteiger partial charge in [-0.15, -0.1) is 0 Å². The van der Waals surface area contributed by atoms with Crippen molar-refractivity contribution in [3.63, 3.8) is 0 Å². The minimum atomic E-state index is 0.427. The molecule has 3 rings (SSSR count). The Kier molecular flexibility index (Phi) is 4.64. The van der Waals surface area contributed by atoms with Crippen LogP contribution >= 0.6 is 11.8 Å². The summed E-state index contributed by atoms with van der Waals surface area (Å²) in [5.74, 6) is 3.55. The van der Waals surface area contributed by atoms with E-state index in [2.05, 4.69) is 66.5 Å². The molecule has 0 spiro atoms. The van der Waals surface area contributed by atoms with Crippen molar-refractivity contribution in [1.82, 2.24) is 5.32 Å². The van der Waals surface area contributed by atoms with Crippen molar-refractivity contribution < 1.29 is 0 Å². The van der Waals surface area contributed by atoms with E-state index in [9.17, 15) is 0 Å². The molecule has 1 heterocycles. The summed E-state index contributed by atoms with van der Waals surface area (Å²) in [6.45, 7) is 3.45. The number of benzene rings is 2. The Morgan fingerprint density at radius 3 is 2.70 bits per heavy atom. The summed E-state index contributed by atoms with van der Waals surface area (Å²) in [5, 5.41) is 6.48. The van der Waals surface area contributed by atoms with Gasteiger partial charge in [0, 0.05) is 6.04 Å². The van der Waals surface area contributed by atoms with E-state index < -0.39 is 0 Å². The molecule has 1 saturated heterocycles. The zero-order chi connectivity index (χ0) is 13.8. The van der Waals surface area contributed by atoms with Crippen molar-refractivity contribution >= 4 is 22.5 Å². The van der Waals surface area contributed by atoms with Crippen molar-refractivity contribution in [2.75, 3.05) is 18.1 Å². The summed E-state index contributed by atoms with van der Waals surface area (Å²) >= 11 is 2.10. The quantitative estimate of drug-likeness (QED) is 0.878. The van der Waals surface area contributed by atoms with Gasteiger partial charge in [-0.3, -0.25) is 0 Å². The van der Waals surface area contributed by atoms with Gasteiger partial charge in [0.25, 0.3) is 0 Å². The Bertz CT molecular complexity index is 555. The number of hydrogen-bond acceptors (Lipinski definition) is 2. The molecular weight excluding hydrogens is 262 g/mol. The second-order valence-electron chi connectivity index (χ2n) is 5.75. The standard InChI is InChI=1S/C18H23NS/c1-14(19-13-15-9-11-20-12-10-15)17-8-4-6-16-5-2-3-7-18(16)17/h2-8,14-15,19H,9-13H2,1H3. The van der Waals surface area contributed by atoms with Crippen LogP contribution < -0.4 is 5.32 Å². The van der Waals surface area contributed by atoms with Crippen LogP contribution in [0.1, 0.15) is 31.4 Å². The molecule has 20 heavy (non-hydrogen) atoms. The van der Waals surface area contributed by atoms with Gasteiger partial charge in [0.1, 0.15) is 0 Å². The van der Waals surface area contributed by atoms with Crippen LogP contribution in [0.15, 0.2) is 42.5 Å². The maximum Gasteiger partial charge on any atom is 0.0298 e. The predicted molar refractivity (Wildman–Crippen MR) is 90.4 cm³/mol. The van der Waals surface area contributed by atoms with Gasteiger partial charge in [0.05, 0.1) is 0 Å². The van der Waals surface area contributed by atoms with Gasteiger partial charge >= 0.3 is 0 Å². The molecule has 0 saturated carbocycles. The molecule has 2 aromatic carbocycles. The van der Waals surface area contributed by atoms with Crippen LogP contribution in [-0.4, -0.2) is 18.1 Å². The van der Waals surface area contributed by atoms with Gasteiger partial charge in [-0.2, -0.15) is 11.8 Å². The molecule has 0 aromatic heterocycles. The van der Waals surface area contributed by atoms with Gasteiger partial charge in [-0.25, -0.2) is 0 Å². The fourth-order valence-electron chi connectivity index (χ4n) is 3.03. The monoisotopic (exact) mass is 285 g/mol. The van der Waals surface area contributed by atoms with Gasteiger partial charge in [0.2, 0.25) is 0 Å². The van der Waals surface area contributed by atoms with Crippen molar-refractivity contribution in [2.45, 2.75) is 25.8 Å². The number of nitrogens with one attached hydrogen (secondary N) is 1. The number of rotatable bonds is 4. The van der Waals surface area contributed by atoms with E-state index in [1.165, 1.54) is 40.7 Å². The highest BCUT2D eigenvalue weighted by Gasteiger charge is 2.15. The van der Waals surface area contributed by atoms with Gasteiger partial charge in [-0.1, -0.05) is 42.5 Å². The molecule has 1 aliphatic rings. The largest absolute Gasteiger partial charge is 0.310 e. The van der Waals surface area contributed by atoms with E-state index in [1.54, 1.807) is 0 Å². The molecule has 0 bridgehead atoms. The first kappa shape index (κ1) is 14.0. The molecule has 2 aromatic rings. The van der Waals surface area contributed by atoms with E-state index in [0.29, 0.717) is 6.04 Å². The lowest BCUT2D eigenvalue weighted by Crippen LogP contribution is -2.28. The predicted octanol–water partition coefficient (Wildman–Crippen LogP) is 4.63. The molecule has 1 nitrogen and oxygen atoms in total. The molecule has 0 amide bonds. The first-order chi connectivity index (χ1) is 9.84. The van der Waals surface area contributed by atoms with Crippen molar-refractivity contribution in [3.05, 3.63) is 48.0 Å². The van der Waals surface area contributed by atoms with E-state index in [-0.39, 0.29) is 0 Å². The van der Waals surface area contributed by atoms with Crippen LogP contribution in [0.25, 0.3) is 10.8 Å². The lowest BCUT2D eigenvalue weighted by atomic mass is 9.98. The zero-order valence-corrected chi connectivity index (χ0v) is 13.0. The molecule has 106 valence electrons. The lowest BCUT2D eigenvalue weighted by Gasteiger charge is -2.24. The molecule has 0 radical (unpaired) electrons. The van der Waals surface area contributed by atoms with Gasteiger partial charge < -0.3 is 5.32 Å². The van der Waals surface area contributed by atoms with E-state index in [1.807, 2.05) is 0 Å². The summed E-state index contributed by atoms with van der Waals surface area (Å²) in [5.41, 5.74) is 1.42. The highest BCUT2D eigenvalue weighted by atomic mass is 32.2. The first-order valence-electron chi connectivity index (χ1n) is 7.63. The third kappa shape index (κ3) is 3.18. The summed E-state index contributed by atoms with van der Waals surface area (Å²) in [7, 11) is 0. The molecule has 1 N–H and O–H groups in total. The summed E-state index contributed by atoms with van der Waals surface area (Å²) in [6, 6.07) is 15.7. The van der Waals surface area contributed by atoms with Crippen LogP contribution in [0, 0.1) is 5.92 Å². The minimum Gasteiger partial charge on any atom is -0.310 e. The summed E-state index contributed by atoms with van der Waals surface area (Å²) < 4.78 is 0. The first-order valence-corrected chi connectivity index (χ1v) is 8.79. The Labute approximate surface area is 126 Å². The fourth-order valence-corrected chi connectivity index (χ4v) is 4.24. The maximum absolute atomic E-state index is 3.75. The molecule has 1 fully saturated rings. The van der Waals surface area contributed by atoms with Gasteiger partial charge in [-0.05, 0) is 60.1 Å². The van der Waals surface area contributed by atoms with E-state index in [4.69, 9.17) is 0 Å². The Hall–Kier alpha value is -0.990. The molecule has 2 heteroatoms. The number of thioether (sulfide) groups is 1. The summed E-state index contributed by atoms with van der Waals surface area (Å²) in [4.78, 5) is 0. The zero-order valence-electron chi connectivity index (χ0n) is 12.1. The minimum absolute atomic E-state index is 0.427. The maximum atomic E-state index is 3.75. The Morgan fingerprint density at radius 2 is 1.85 bits per heavy atom.